The SMILES string of the molecule is O=C1CCC(N2Cc3ccc(CNC(=O)Nc4cc(F)ccc4F)cc3C2=O)C(=O)N1. The molecule has 160 valence electrons. The fourth-order valence-corrected chi connectivity index (χ4v) is 3.65. The van der Waals surface area contributed by atoms with Gasteiger partial charge in [-0.2, -0.15) is 0 Å². The molecule has 0 saturated carbocycles. The van der Waals surface area contributed by atoms with Gasteiger partial charge in [0.2, 0.25) is 11.8 Å². The topological polar surface area (TPSA) is 108 Å². The molecule has 1 unspecified atom stereocenters. The summed E-state index contributed by atoms with van der Waals surface area (Å²) in [6.07, 6.45) is 0.447. The smallest absolute Gasteiger partial charge is 0.319 e. The van der Waals surface area contributed by atoms with Gasteiger partial charge in [-0.1, -0.05) is 12.1 Å². The lowest BCUT2D eigenvalue weighted by molar-refractivity contribution is -0.136. The van der Waals surface area contributed by atoms with Gasteiger partial charge in [0.1, 0.15) is 17.7 Å². The standard InChI is InChI=1S/C21H18F2N4O4/c22-13-3-4-15(23)16(8-13)25-21(31)24-9-11-1-2-12-10-27(20(30)14(12)7-11)17-5-6-18(28)26-19(17)29/h1-4,7-8,17H,5-6,9-10H2,(H2,24,25,31)(H,26,28,29). The lowest BCUT2D eigenvalue weighted by Crippen LogP contribution is -2.52. The molecule has 2 aliphatic heterocycles. The van der Waals surface area contributed by atoms with Gasteiger partial charge < -0.3 is 15.5 Å². The zero-order valence-corrected chi connectivity index (χ0v) is 16.2. The number of carbonyl (C=O) groups is 4. The number of imide groups is 1. The van der Waals surface area contributed by atoms with Gasteiger partial charge in [-0.25, -0.2) is 13.6 Å². The summed E-state index contributed by atoms with van der Waals surface area (Å²) in [5.74, 6) is -2.61. The van der Waals surface area contributed by atoms with E-state index in [0.717, 1.165) is 23.8 Å². The van der Waals surface area contributed by atoms with E-state index in [2.05, 4.69) is 16.0 Å². The van der Waals surface area contributed by atoms with E-state index in [1.54, 1.807) is 18.2 Å². The number of benzene rings is 2. The molecule has 2 aliphatic rings. The number of amides is 5. The Bertz CT molecular complexity index is 1100. The average molecular weight is 428 g/mol. The second kappa shape index (κ2) is 8.13. The van der Waals surface area contributed by atoms with Crippen LogP contribution in [-0.2, 0) is 22.7 Å². The van der Waals surface area contributed by atoms with Crippen LogP contribution in [0.1, 0.15) is 34.3 Å². The third-order valence-electron chi connectivity index (χ3n) is 5.22. The predicted molar refractivity (Wildman–Crippen MR) is 105 cm³/mol. The molecule has 0 radical (unpaired) electrons. The molecule has 3 N–H and O–H groups in total. The number of anilines is 1. The molecule has 0 bridgehead atoms. The van der Waals surface area contributed by atoms with Crippen molar-refractivity contribution < 1.29 is 28.0 Å². The Balaban J connectivity index is 1.40. The maximum absolute atomic E-state index is 13.6. The zero-order valence-electron chi connectivity index (χ0n) is 16.2. The van der Waals surface area contributed by atoms with Gasteiger partial charge in [0.25, 0.3) is 5.91 Å². The highest BCUT2D eigenvalue weighted by atomic mass is 19.1. The normalized spacial score (nSPS) is 17.9. The highest BCUT2D eigenvalue weighted by Crippen LogP contribution is 2.28. The number of nitrogens with one attached hydrogen (secondary N) is 3. The highest BCUT2D eigenvalue weighted by Gasteiger charge is 2.39. The van der Waals surface area contributed by atoms with E-state index in [9.17, 15) is 28.0 Å². The van der Waals surface area contributed by atoms with Crippen LogP contribution in [0.3, 0.4) is 0 Å². The van der Waals surface area contributed by atoms with Crippen LogP contribution in [0.15, 0.2) is 36.4 Å². The van der Waals surface area contributed by atoms with E-state index in [-0.39, 0.29) is 43.4 Å². The maximum Gasteiger partial charge on any atom is 0.319 e. The Hall–Kier alpha value is -3.82. The largest absolute Gasteiger partial charge is 0.334 e. The number of rotatable bonds is 4. The number of fused-ring (bicyclic) bond motifs is 1. The Kier molecular flexibility index (Phi) is 5.37. The van der Waals surface area contributed by atoms with E-state index < -0.39 is 29.6 Å². The zero-order chi connectivity index (χ0) is 22.1. The summed E-state index contributed by atoms with van der Waals surface area (Å²) in [4.78, 5) is 49.7. The molecule has 10 heteroatoms. The van der Waals surface area contributed by atoms with Crippen molar-refractivity contribution in [1.82, 2.24) is 15.5 Å². The molecule has 8 nitrogen and oxygen atoms in total. The minimum Gasteiger partial charge on any atom is -0.334 e. The van der Waals surface area contributed by atoms with Crippen LogP contribution in [0.4, 0.5) is 19.3 Å². The first kappa shape index (κ1) is 20.5. The van der Waals surface area contributed by atoms with E-state index in [0.29, 0.717) is 11.1 Å². The second-order valence-electron chi connectivity index (χ2n) is 7.32. The quantitative estimate of drug-likeness (QED) is 0.648. The van der Waals surface area contributed by atoms with Gasteiger partial charge >= 0.3 is 6.03 Å². The summed E-state index contributed by atoms with van der Waals surface area (Å²) in [5.41, 5.74) is 1.49. The molecular weight excluding hydrogens is 410 g/mol. The van der Waals surface area contributed by atoms with Gasteiger partial charge in [-0.3, -0.25) is 19.7 Å². The number of piperidine rings is 1. The second-order valence-corrected chi connectivity index (χ2v) is 7.32. The minimum atomic E-state index is -0.770. The van der Waals surface area contributed by atoms with Gasteiger partial charge in [-0.15, -0.1) is 0 Å². The molecule has 1 atom stereocenters. The van der Waals surface area contributed by atoms with Crippen molar-refractivity contribution in [2.45, 2.75) is 32.0 Å². The molecule has 0 aromatic heterocycles. The fourth-order valence-electron chi connectivity index (χ4n) is 3.65. The third kappa shape index (κ3) is 4.23. The van der Waals surface area contributed by atoms with E-state index >= 15 is 0 Å². The van der Waals surface area contributed by atoms with Crippen LogP contribution in [0, 0.1) is 11.6 Å². The highest BCUT2D eigenvalue weighted by molar-refractivity contribution is 6.05. The van der Waals surface area contributed by atoms with E-state index in [1.165, 1.54) is 4.90 Å². The summed E-state index contributed by atoms with van der Waals surface area (Å²) >= 11 is 0. The van der Waals surface area contributed by atoms with Crippen molar-refractivity contribution in [3.05, 3.63) is 64.7 Å². The molecule has 2 aromatic rings. The molecule has 0 aliphatic carbocycles. The molecule has 1 fully saturated rings. The minimum absolute atomic E-state index is 0.0434. The summed E-state index contributed by atoms with van der Waals surface area (Å²) in [5, 5.41) is 7.00. The first-order valence-corrected chi connectivity index (χ1v) is 9.58. The summed E-state index contributed by atoms with van der Waals surface area (Å²) in [7, 11) is 0. The average Bonchev–Trinajstić information content (AvgIpc) is 3.05. The molecule has 2 heterocycles. The Morgan fingerprint density at radius 2 is 1.94 bits per heavy atom. The first-order chi connectivity index (χ1) is 14.8. The summed E-state index contributed by atoms with van der Waals surface area (Å²) < 4.78 is 26.8. The third-order valence-corrected chi connectivity index (χ3v) is 5.22. The van der Waals surface area contributed by atoms with Crippen LogP contribution in [0.2, 0.25) is 0 Å². The number of urea groups is 1. The van der Waals surface area contributed by atoms with Crippen molar-refractivity contribution in [2.75, 3.05) is 5.32 Å². The molecule has 5 amide bonds. The summed E-state index contributed by atoms with van der Waals surface area (Å²) in [6.45, 7) is 0.301. The van der Waals surface area contributed by atoms with Gasteiger partial charge in [0.15, 0.2) is 0 Å². The fraction of sp³-hybridized carbons (Fsp3) is 0.238. The number of hydrogen-bond acceptors (Lipinski definition) is 4. The molecular formula is C21H18F2N4O4. The number of halogens is 2. The maximum atomic E-state index is 13.6. The van der Waals surface area contributed by atoms with E-state index in [4.69, 9.17) is 0 Å². The van der Waals surface area contributed by atoms with Crippen LogP contribution in [0.25, 0.3) is 0 Å². The first-order valence-electron chi connectivity index (χ1n) is 9.58. The van der Waals surface area contributed by atoms with Crippen molar-refractivity contribution in [1.29, 1.82) is 0 Å². The van der Waals surface area contributed by atoms with Gasteiger partial charge in [-0.05, 0) is 35.7 Å². The van der Waals surface area contributed by atoms with Crippen molar-refractivity contribution in [2.24, 2.45) is 0 Å². The summed E-state index contributed by atoms with van der Waals surface area (Å²) in [6, 6.07) is 6.36. The Morgan fingerprint density at radius 3 is 2.71 bits per heavy atom. The van der Waals surface area contributed by atoms with Crippen molar-refractivity contribution in [3.8, 4) is 0 Å². The monoisotopic (exact) mass is 428 g/mol. The molecule has 31 heavy (non-hydrogen) atoms. The molecule has 0 spiro atoms. The lowest BCUT2D eigenvalue weighted by atomic mass is 10.0. The van der Waals surface area contributed by atoms with Gasteiger partial charge in [0, 0.05) is 31.1 Å². The van der Waals surface area contributed by atoms with Crippen LogP contribution in [-0.4, -0.2) is 34.7 Å². The Labute approximate surface area is 175 Å². The molecule has 1 saturated heterocycles. The lowest BCUT2D eigenvalue weighted by Gasteiger charge is -2.29. The van der Waals surface area contributed by atoms with Crippen molar-refractivity contribution in [3.63, 3.8) is 0 Å². The van der Waals surface area contributed by atoms with E-state index in [1.807, 2.05) is 0 Å². The Morgan fingerprint density at radius 1 is 1.13 bits per heavy atom. The van der Waals surface area contributed by atoms with Crippen LogP contribution >= 0.6 is 0 Å². The number of carbonyl (C=O) groups excluding carboxylic acids is 4. The predicted octanol–water partition coefficient (Wildman–Crippen LogP) is 2.05. The van der Waals surface area contributed by atoms with Crippen LogP contribution < -0.4 is 16.0 Å². The number of hydrogen-bond donors (Lipinski definition) is 3. The molecule has 4 rings (SSSR count). The molecule has 2 aromatic carbocycles. The van der Waals surface area contributed by atoms with Crippen LogP contribution in [0.5, 0.6) is 0 Å². The van der Waals surface area contributed by atoms with Crippen molar-refractivity contribution >= 4 is 29.4 Å². The van der Waals surface area contributed by atoms with Gasteiger partial charge in [0.05, 0.1) is 5.69 Å². The number of nitrogens with zero attached hydrogens (tertiary/aromatic N) is 1.